The lowest BCUT2D eigenvalue weighted by Crippen LogP contribution is -2.69. The SMILES string of the molecule is CC1C(=O)NC(C)(C2CC2)C(=O)N1CC1CC1. The molecule has 2 unspecified atom stereocenters. The van der Waals surface area contributed by atoms with E-state index in [2.05, 4.69) is 5.32 Å². The lowest BCUT2D eigenvalue weighted by atomic mass is 9.89. The van der Waals surface area contributed by atoms with Gasteiger partial charge in [-0.25, -0.2) is 0 Å². The largest absolute Gasteiger partial charge is 0.340 e. The second kappa shape index (κ2) is 3.47. The van der Waals surface area contributed by atoms with Crippen LogP contribution in [-0.2, 0) is 9.59 Å². The summed E-state index contributed by atoms with van der Waals surface area (Å²) in [6, 6.07) is -0.296. The van der Waals surface area contributed by atoms with Gasteiger partial charge in [0.05, 0.1) is 0 Å². The summed E-state index contributed by atoms with van der Waals surface area (Å²) in [4.78, 5) is 26.4. The molecular formula is C13H20N2O2. The molecule has 0 aromatic heterocycles. The highest BCUT2D eigenvalue weighted by Gasteiger charge is 2.54. The van der Waals surface area contributed by atoms with Crippen molar-refractivity contribution in [2.24, 2.45) is 11.8 Å². The predicted octanol–water partition coefficient (Wildman–Crippen LogP) is 0.912. The summed E-state index contributed by atoms with van der Waals surface area (Å²) in [6.45, 7) is 4.51. The number of hydrogen-bond donors (Lipinski definition) is 1. The highest BCUT2D eigenvalue weighted by molar-refractivity contribution is 5.99. The molecule has 2 aliphatic carbocycles. The van der Waals surface area contributed by atoms with Crippen molar-refractivity contribution in [2.45, 2.75) is 51.1 Å². The van der Waals surface area contributed by atoms with E-state index in [1.807, 2.05) is 18.7 Å². The first kappa shape index (κ1) is 11.1. The van der Waals surface area contributed by atoms with E-state index in [1.54, 1.807) is 0 Å². The maximum atomic E-state index is 12.6. The van der Waals surface area contributed by atoms with Crippen LogP contribution in [-0.4, -0.2) is 34.8 Å². The molecule has 1 saturated heterocycles. The van der Waals surface area contributed by atoms with Crippen molar-refractivity contribution in [2.75, 3.05) is 6.54 Å². The Balaban J connectivity index is 1.83. The summed E-state index contributed by atoms with van der Waals surface area (Å²) in [5, 5.41) is 2.95. The standard InChI is InChI=1S/C13H20N2O2/c1-8-11(16)14-13(2,10-5-6-10)12(17)15(8)7-9-3-4-9/h8-10H,3-7H2,1-2H3,(H,14,16). The molecule has 0 aromatic rings. The van der Waals surface area contributed by atoms with Crippen LogP contribution in [0.5, 0.6) is 0 Å². The van der Waals surface area contributed by atoms with Gasteiger partial charge in [-0.2, -0.15) is 0 Å². The summed E-state index contributed by atoms with van der Waals surface area (Å²) < 4.78 is 0. The first-order valence-electron chi connectivity index (χ1n) is 6.65. The maximum absolute atomic E-state index is 12.6. The summed E-state index contributed by atoms with van der Waals surface area (Å²) in [7, 11) is 0. The van der Waals surface area contributed by atoms with Crippen molar-refractivity contribution in [3.8, 4) is 0 Å². The third-order valence-electron chi connectivity index (χ3n) is 4.48. The van der Waals surface area contributed by atoms with Gasteiger partial charge in [-0.05, 0) is 51.4 Å². The normalized spacial score (nSPS) is 38.2. The van der Waals surface area contributed by atoms with Gasteiger partial charge in [0, 0.05) is 6.54 Å². The van der Waals surface area contributed by atoms with Crippen LogP contribution >= 0.6 is 0 Å². The van der Waals surface area contributed by atoms with Crippen LogP contribution in [0.4, 0.5) is 0 Å². The number of hydrogen-bond acceptors (Lipinski definition) is 2. The lowest BCUT2D eigenvalue weighted by Gasteiger charge is -2.43. The minimum absolute atomic E-state index is 0.0136. The minimum atomic E-state index is -0.627. The van der Waals surface area contributed by atoms with Crippen molar-refractivity contribution in [1.29, 1.82) is 0 Å². The first-order chi connectivity index (χ1) is 8.02. The van der Waals surface area contributed by atoms with Crippen molar-refractivity contribution in [3.63, 3.8) is 0 Å². The fraction of sp³-hybridized carbons (Fsp3) is 0.846. The van der Waals surface area contributed by atoms with Crippen LogP contribution in [0.25, 0.3) is 0 Å². The second-order valence-electron chi connectivity index (χ2n) is 6.04. The molecule has 0 spiro atoms. The average Bonchev–Trinajstić information content (AvgIpc) is 3.14. The van der Waals surface area contributed by atoms with E-state index in [0.717, 1.165) is 19.4 Å². The molecule has 2 amide bonds. The van der Waals surface area contributed by atoms with Crippen molar-refractivity contribution < 1.29 is 9.59 Å². The Kier molecular flexibility index (Phi) is 2.25. The Labute approximate surface area is 102 Å². The number of amides is 2. The summed E-state index contributed by atoms with van der Waals surface area (Å²) in [5.41, 5.74) is -0.627. The Morgan fingerprint density at radius 1 is 1.29 bits per heavy atom. The third-order valence-corrected chi connectivity index (χ3v) is 4.48. The molecule has 4 nitrogen and oxygen atoms in total. The number of rotatable bonds is 3. The molecule has 1 heterocycles. The zero-order valence-corrected chi connectivity index (χ0v) is 10.5. The van der Waals surface area contributed by atoms with E-state index in [1.165, 1.54) is 12.8 Å². The molecule has 2 saturated carbocycles. The summed E-state index contributed by atoms with van der Waals surface area (Å²) in [6.07, 6.45) is 4.54. The predicted molar refractivity (Wildman–Crippen MR) is 63.2 cm³/mol. The fourth-order valence-electron chi connectivity index (χ4n) is 2.79. The van der Waals surface area contributed by atoms with Gasteiger partial charge in [0.1, 0.15) is 11.6 Å². The number of carbonyl (C=O) groups excluding carboxylic acids is 2. The van der Waals surface area contributed by atoms with E-state index in [0.29, 0.717) is 11.8 Å². The Morgan fingerprint density at radius 2 is 1.94 bits per heavy atom. The van der Waals surface area contributed by atoms with Crippen LogP contribution in [0.1, 0.15) is 39.5 Å². The second-order valence-corrected chi connectivity index (χ2v) is 6.04. The van der Waals surface area contributed by atoms with Gasteiger partial charge in [0.25, 0.3) is 0 Å². The number of nitrogens with one attached hydrogen (secondary N) is 1. The van der Waals surface area contributed by atoms with E-state index in [-0.39, 0.29) is 17.9 Å². The van der Waals surface area contributed by atoms with Crippen molar-refractivity contribution >= 4 is 11.8 Å². The zero-order valence-electron chi connectivity index (χ0n) is 10.5. The van der Waals surface area contributed by atoms with Crippen LogP contribution in [0, 0.1) is 11.8 Å². The van der Waals surface area contributed by atoms with Crippen molar-refractivity contribution in [3.05, 3.63) is 0 Å². The van der Waals surface area contributed by atoms with E-state index in [9.17, 15) is 9.59 Å². The topological polar surface area (TPSA) is 49.4 Å². The van der Waals surface area contributed by atoms with Gasteiger partial charge < -0.3 is 10.2 Å². The Morgan fingerprint density at radius 3 is 2.47 bits per heavy atom. The highest BCUT2D eigenvalue weighted by Crippen LogP contribution is 2.43. The first-order valence-corrected chi connectivity index (χ1v) is 6.65. The van der Waals surface area contributed by atoms with E-state index < -0.39 is 5.54 Å². The Hall–Kier alpha value is -1.06. The number of nitrogens with zero attached hydrogens (tertiary/aromatic N) is 1. The molecule has 3 fully saturated rings. The van der Waals surface area contributed by atoms with Gasteiger partial charge in [0.2, 0.25) is 11.8 Å². The zero-order chi connectivity index (χ0) is 12.2. The number of piperazine rings is 1. The monoisotopic (exact) mass is 236 g/mol. The van der Waals surface area contributed by atoms with Crippen LogP contribution < -0.4 is 5.32 Å². The smallest absolute Gasteiger partial charge is 0.249 e. The van der Waals surface area contributed by atoms with Gasteiger partial charge in [-0.1, -0.05) is 0 Å². The quantitative estimate of drug-likeness (QED) is 0.792. The number of carbonyl (C=O) groups is 2. The maximum Gasteiger partial charge on any atom is 0.249 e. The molecule has 0 bridgehead atoms. The summed E-state index contributed by atoms with van der Waals surface area (Å²) in [5.74, 6) is 1.14. The van der Waals surface area contributed by atoms with Crippen LogP contribution in [0.15, 0.2) is 0 Å². The van der Waals surface area contributed by atoms with E-state index >= 15 is 0 Å². The third kappa shape index (κ3) is 1.74. The van der Waals surface area contributed by atoms with E-state index in [4.69, 9.17) is 0 Å². The van der Waals surface area contributed by atoms with Crippen LogP contribution in [0.2, 0.25) is 0 Å². The van der Waals surface area contributed by atoms with Gasteiger partial charge in [-0.15, -0.1) is 0 Å². The lowest BCUT2D eigenvalue weighted by molar-refractivity contribution is -0.154. The molecule has 17 heavy (non-hydrogen) atoms. The average molecular weight is 236 g/mol. The fourth-order valence-corrected chi connectivity index (χ4v) is 2.79. The van der Waals surface area contributed by atoms with Gasteiger partial charge in [-0.3, -0.25) is 9.59 Å². The molecule has 3 aliphatic rings. The molecule has 0 radical (unpaired) electrons. The molecular weight excluding hydrogens is 216 g/mol. The molecule has 0 aromatic carbocycles. The van der Waals surface area contributed by atoms with Crippen molar-refractivity contribution in [1.82, 2.24) is 10.2 Å². The highest BCUT2D eigenvalue weighted by atomic mass is 16.2. The minimum Gasteiger partial charge on any atom is -0.340 e. The molecule has 1 aliphatic heterocycles. The molecule has 4 heteroatoms. The van der Waals surface area contributed by atoms with Crippen LogP contribution in [0.3, 0.4) is 0 Å². The van der Waals surface area contributed by atoms with Gasteiger partial charge in [0.15, 0.2) is 0 Å². The van der Waals surface area contributed by atoms with Gasteiger partial charge >= 0.3 is 0 Å². The molecule has 1 N–H and O–H groups in total. The summed E-state index contributed by atoms with van der Waals surface area (Å²) >= 11 is 0. The molecule has 94 valence electrons. The molecule has 3 rings (SSSR count). The Bertz CT molecular complexity index is 374. The molecule has 2 atom stereocenters.